The zero-order valence-electron chi connectivity index (χ0n) is 15.3. The second-order valence-electron chi connectivity index (χ2n) is 7.25. The van der Waals surface area contributed by atoms with Crippen LogP contribution in [0.5, 0.6) is 0 Å². The molecule has 2 amide bonds. The smallest absolute Gasteiger partial charge is 0.223 e. The quantitative estimate of drug-likeness (QED) is 0.877. The van der Waals surface area contributed by atoms with Gasteiger partial charge in [-0.25, -0.2) is 4.39 Å². The zero-order valence-corrected chi connectivity index (χ0v) is 15.3. The number of benzene rings is 1. The van der Waals surface area contributed by atoms with Crippen molar-refractivity contribution in [2.45, 2.75) is 51.0 Å². The van der Waals surface area contributed by atoms with E-state index in [1.165, 1.54) is 31.4 Å². The van der Waals surface area contributed by atoms with E-state index in [4.69, 9.17) is 0 Å². The van der Waals surface area contributed by atoms with E-state index in [1.807, 2.05) is 4.90 Å². The van der Waals surface area contributed by atoms with E-state index in [2.05, 4.69) is 10.2 Å². The number of rotatable bonds is 5. The van der Waals surface area contributed by atoms with Crippen LogP contribution in [0.25, 0.3) is 0 Å². The van der Waals surface area contributed by atoms with E-state index < -0.39 is 0 Å². The molecule has 26 heavy (non-hydrogen) atoms. The molecule has 0 unspecified atom stereocenters. The Labute approximate surface area is 154 Å². The Morgan fingerprint density at radius 3 is 2.27 bits per heavy atom. The van der Waals surface area contributed by atoms with Crippen LogP contribution < -0.4 is 10.2 Å². The molecule has 1 saturated heterocycles. The molecular formula is C20H28FN3O2. The molecule has 1 aromatic rings. The average Bonchev–Trinajstić information content (AvgIpc) is 2.68. The third-order valence-electron chi connectivity index (χ3n) is 5.36. The summed E-state index contributed by atoms with van der Waals surface area (Å²) in [7, 11) is 0. The zero-order chi connectivity index (χ0) is 18.4. The van der Waals surface area contributed by atoms with E-state index in [-0.39, 0.29) is 30.5 Å². The molecule has 1 aromatic carbocycles. The van der Waals surface area contributed by atoms with Gasteiger partial charge in [-0.2, -0.15) is 0 Å². The summed E-state index contributed by atoms with van der Waals surface area (Å²) >= 11 is 0. The summed E-state index contributed by atoms with van der Waals surface area (Å²) in [4.78, 5) is 28.4. The van der Waals surface area contributed by atoms with Gasteiger partial charge in [0.1, 0.15) is 5.82 Å². The van der Waals surface area contributed by atoms with E-state index in [0.717, 1.165) is 31.6 Å². The summed E-state index contributed by atoms with van der Waals surface area (Å²) in [6, 6.07) is 6.74. The third kappa shape index (κ3) is 5.19. The predicted molar refractivity (Wildman–Crippen MR) is 99.4 cm³/mol. The number of hydrogen-bond acceptors (Lipinski definition) is 3. The number of carbonyl (C=O) groups is 2. The van der Waals surface area contributed by atoms with Gasteiger partial charge in [-0.15, -0.1) is 0 Å². The van der Waals surface area contributed by atoms with Crippen LogP contribution in [-0.2, 0) is 9.59 Å². The van der Waals surface area contributed by atoms with Crippen LogP contribution in [0.2, 0.25) is 0 Å². The van der Waals surface area contributed by atoms with Gasteiger partial charge in [0.15, 0.2) is 0 Å². The summed E-state index contributed by atoms with van der Waals surface area (Å²) < 4.78 is 13.0. The summed E-state index contributed by atoms with van der Waals surface area (Å²) in [5.41, 5.74) is 0.977. The van der Waals surface area contributed by atoms with Crippen molar-refractivity contribution in [3.05, 3.63) is 30.1 Å². The van der Waals surface area contributed by atoms with Crippen molar-refractivity contribution >= 4 is 17.5 Å². The largest absolute Gasteiger partial charge is 0.368 e. The van der Waals surface area contributed by atoms with E-state index in [1.54, 1.807) is 12.1 Å². The Bertz CT molecular complexity index is 606. The maximum atomic E-state index is 13.0. The fourth-order valence-corrected chi connectivity index (χ4v) is 3.79. The van der Waals surface area contributed by atoms with Crippen LogP contribution in [0, 0.1) is 5.82 Å². The lowest BCUT2D eigenvalue weighted by Crippen LogP contribution is -2.49. The minimum atomic E-state index is -0.242. The molecule has 1 aliphatic carbocycles. The molecule has 0 aromatic heterocycles. The van der Waals surface area contributed by atoms with E-state index >= 15 is 0 Å². The Balaban J connectivity index is 1.38. The molecule has 0 spiro atoms. The van der Waals surface area contributed by atoms with Crippen molar-refractivity contribution < 1.29 is 14.0 Å². The molecule has 1 heterocycles. The number of nitrogens with zero attached hydrogens (tertiary/aromatic N) is 2. The molecule has 1 aliphatic heterocycles. The van der Waals surface area contributed by atoms with Crippen LogP contribution in [-0.4, -0.2) is 48.9 Å². The topological polar surface area (TPSA) is 52.7 Å². The number of amides is 2. The van der Waals surface area contributed by atoms with E-state index in [0.29, 0.717) is 19.1 Å². The van der Waals surface area contributed by atoms with Crippen LogP contribution in [0.15, 0.2) is 24.3 Å². The fraction of sp³-hybridized carbons (Fsp3) is 0.600. The number of carbonyl (C=O) groups excluding carboxylic acids is 2. The van der Waals surface area contributed by atoms with Crippen LogP contribution >= 0.6 is 0 Å². The highest BCUT2D eigenvalue weighted by atomic mass is 19.1. The van der Waals surface area contributed by atoms with Gasteiger partial charge in [0, 0.05) is 50.7 Å². The van der Waals surface area contributed by atoms with Crippen molar-refractivity contribution in [2.24, 2.45) is 0 Å². The van der Waals surface area contributed by atoms with Crippen molar-refractivity contribution in [1.29, 1.82) is 0 Å². The first-order chi connectivity index (χ1) is 12.6. The molecule has 1 saturated carbocycles. The molecule has 0 atom stereocenters. The molecule has 6 heteroatoms. The minimum Gasteiger partial charge on any atom is -0.368 e. The van der Waals surface area contributed by atoms with E-state index in [9.17, 15) is 14.0 Å². The van der Waals surface area contributed by atoms with Crippen LogP contribution in [0.3, 0.4) is 0 Å². The van der Waals surface area contributed by atoms with Crippen LogP contribution in [0.4, 0.5) is 10.1 Å². The first-order valence-electron chi connectivity index (χ1n) is 9.69. The molecule has 2 fully saturated rings. The second-order valence-corrected chi connectivity index (χ2v) is 7.25. The van der Waals surface area contributed by atoms with Gasteiger partial charge in [-0.05, 0) is 37.1 Å². The maximum Gasteiger partial charge on any atom is 0.223 e. The lowest BCUT2D eigenvalue weighted by Gasteiger charge is -2.36. The van der Waals surface area contributed by atoms with Crippen molar-refractivity contribution in [2.75, 3.05) is 31.1 Å². The molecule has 3 rings (SSSR count). The molecule has 5 nitrogen and oxygen atoms in total. The highest BCUT2D eigenvalue weighted by molar-refractivity contribution is 5.84. The standard InChI is InChI=1S/C20H28FN3O2/c21-16-6-8-18(9-7-16)23-12-14-24(15-13-23)20(26)11-10-19(25)22-17-4-2-1-3-5-17/h6-9,17H,1-5,10-15H2,(H,22,25). The van der Waals surface area contributed by atoms with Crippen molar-refractivity contribution in [3.8, 4) is 0 Å². The molecule has 0 radical (unpaired) electrons. The predicted octanol–water partition coefficient (Wildman–Crippen LogP) is 2.70. The first-order valence-corrected chi connectivity index (χ1v) is 9.69. The Hall–Kier alpha value is -2.11. The molecule has 142 valence electrons. The lowest BCUT2D eigenvalue weighted by molar-refractivity contribution is -0.134. The summed E-state index contributed by atoms with van der Waals surface area (Å²) in [5, 5.41) is 3.06. The van der Waals surface area contributed by atoms with Gasteiger partial charge >= 0.3 is 0 Å². The molecular weight excluding hydrogens is 333 g/mol. The van der Waals surface area contributed by atoms with Crippen molar-refractivity contribution in [1.82, 2.24) is 10.2 Å². The van der Waals surface area contributed by atoms with Gasteiger partial charge in [0.25, 0.3) is 0 Å². The SMILES string of the molecule is O=C(CCC(=O)N1CCN(c2ccc(F)cc2)CC1)NC1CCCCC1. The minimum absolute atomic E-state index is 0.00445. The summed E-state index contributed by atoms with van der Waals surface area (Å²) in [6.45, 7) is 2.73. The van der Waals surface area contributed by atoms with Gasteiger partial charge in [-0.3, -0.25) is 9.59 Å². The van der Waals surface area contributed by atoms with Gasteiger partial charge < -0.3 is 15.1 Å². The second kappa shape index (κ2) is 9.01. The normalized spacial score (nSPS) is 18.7. The number of anilines is 1. The number of halogens is 1. The summed E-state index contributed by atoms with van der Waals surface area (Å²) in [6.07, 6.45) is 6.29. The first kappa shape index (κ1) is 18.7. The van der Waals surface area contributed by atoms with Gasteiger partial charge in [-0.1, -0.05) is 19.3 Å². The van der Waals surface area contributed by atoms with Crippen molar-refractivity contribution in [3.63, 3.8) is 0 Å². The highest BCUT2D eigenvalue weighted by Crippen LogP contribution is 2.18. The Kier molecular flexibility index (Phi) is 6.47. The molecule has 0 bridgehead atoms. The fourth-order valence-electron chi connectivity index (χ4n) is 3.79. The maximum absolute atomic E-state index is 13.0. The number of piperazine rings is 1. The molecule has 1 N–H and O–H groups in total. The number of nitrogens with one attached hydrogen (secondary N) is 1. The lowest BCUT2D eigenvalue weighted by atomic mass is 9.95. The van der Waals surface area contributed by atoms with Gasteiger partial charge in [0.05, 0.1) is 0 Å². The Morgan fingerprint density at radius 2 is 1.62 bits per heavy atom. The Morgan fingerprint density at radius 1 is 0.962 bits per heavy atom. The average molecular weight is 361 g/mol. The van der Waals surface area contributed by atoms with Gasteiger partial charge in [0.2, 0.25) is 11.8 Å². The summed E-state index contributed by atoms with van der Waals surface area (Å²) in [5.74, 6) is -0.202. The number of hydrogen-bond donors (Lipinski definition) is 1. The van der Waals surface area contributed by atoms with Crippen LogP contribution in [0.1, 0.15) is 44.9 Å². The highest BCUT2D eigenvalue weighted by Gasteiger charge is 2.22. The monoisotopic (exact) mass is 361 g/mol. The molecule has 2 aliphatic rings. The third-order valence-corrected chi connectivity index (χ3v) is 5.36.